The zero-order chi connectivity index (χ0) is 28.0. The van der Waals surface area contributed by atoms with Crippen LogP contribution < -0.4 is 5.32 Å². The first-order valence-corrected chi connectivity index (χ1v) is 12.7. The molecule has 38 heavy (non-hydrogen) atoms. The molecule has 0 fully saturated rings. The highest BCUT2D eigenvalue weighted by atomic mass is 19.4. The first-order chi connectivity index (χ1) is 17.8. The van der Waals surface area contributed by atoms with E-state index in [4.69, 9.17) is 5.11 Å². The van der Waals surface area contributed by atoms with Gasteiger partial charge >= 0.3 is 12.1 Å². The number of carbonyl (C=O) groups is 2. The molecule has 0 aliphatic carbocycles. The van der Waals surface area contributed by atoms with E-state index in [9.17, 15) is 22.8 Å². The second kappa shape index (κ2) is 12.3. The summed E-state index contributed by atoms with van der Waals surface area (Å²) in [6.07, 6.45) is -2.75. The topological polar surface area (TPSA) is 66.4 Å². The molecule has 0 saturated heterocycles. The molecule has 4 nitrogen and oxygen atoms in total. The van der Waals surface area contributed by atoms with Crippen molar-refractivity contribution in [3.63, 3.8) is 0 Å². The summed E-state index contributed by atoms with van der Waals surface area (Å²) in [6, 6.07) is 17.0. The Labute approximate surface area is 221 Å². The maximum Gasteiger partial charge on any atom is 0.416 e. The van der Waals surface area contributed by atoms with Gasteiger partial charge in [-0.2, -0.15) is 13.2 Å². The van der Waals surface area contributed by atoms with E-state index in [0.717, 1.165) is 58.4 Å². The highest BCUT2D eigenvalue weighted by Crippen LogP contribution is 2.35. The Morgan fingerprint density at radius 2 is 1.50 bits per heavy atom. The number of rotatable bonds is 10. The Morgan fingerprint density at radius 1 is 0.921 bits per heavy atom. The number of aliphatic carboxylic acids is 1. The molecule has 0 bridgehead atoms. The fourth-order valence-electron chi connectivity index (χ4n) is 4.93. The quantitative estimate of drug-likeness (QED) is 0.287. The summed E-state index contributed by atoms with van der Waals surface area (Å²) in [6.45, 7) is 8.38. The van der Waals surface area contributed by atoms with Gasteiger partial charge in [-0.05, 0) is 96.2 Å². The zero-order valence-electron chi connectivity index (χ0n) is 22.2. The average Bonchev–Trinajstić information content (AvgIpc) is 2.82. The molecule has 3 aromatic carbocycles. The summed E-state index contributed by atoms with van der Waals surface area (Å²) in [5.41, 5.74) is 5.81. The highest BCUT2D eigenvalue weighted by Gasteiger charge is 2.30. The fourth-order valence-corrected chi connectivity index (χ4v) is 4.93. The van der Waals surface area contributed by atoms with Crippen molar-refractivity contribution in [2.45, 2.75) is 59.1 Å². The van der Waals surface area contributed by atoms with Crippen LogP contribution in [0.1, 0.15) is 70.8 Å². The molecule has 0 heterocycles. The molecule has 3 rings (SSSR count). The molecule has 1 unspecified atom stereocenters. The van der Waals surface area contributed by atoms with Gasteiger partial charge in [0, 0.05) is 12.1 Å². The number of alkyl halides is 3. The number of carboxylic acid groups (broad SMARTS) is 1. The SMILES string of the molecule is Cc1cc(CC(CC(C)C)c2ccc(C(=O)NCCC(=O)O)cc2)cc(C)c1-c1ccc(C(F)(F)F)cc1. The summed E-state index contributed by atoms with van der Waals surface area (Å²) in [5, 5.41) is 11.4. The number of hydrogen-bond donors (Lipinski definition) is 2. The molecular weight excluding hydrogens is 491 g/mol. The van der Waals surface area contributed by atoms with Crippen LogP contribution in [0.5, 0.6) is 0 Å². The lowest BCUT2D eigenvalue weighted by Gasteiger charge is -2.22. The standard InChI is InChI=1S/C31H34F3NO3/c1-19(2)15-26(23-5-7-25(8-6-23)30(38)35-14-13-28(36)37)18-22-16-20(3)29(21(4)17-22)24-9-11-27(12-10-24)31(32,33)34/h5-12,16-17,19,26H,13-15,18H2,1-4H3,(H,35,38)(H,36,37). The van der Waals surface area contributed by atoms with Crippen molar-refractivity contribution in [2.24, 2.45) is 5.92 Å². The number of carboxylic acids is 1. The minimum atomic E-state index is -4.36. The Bertz CT molecular complexity index is 1240. The third kappa shape index (κ3) is 7.70. The predicted octanol–water partition coefficient (Wildman–Crippen LogP) is 7.57. The number of aryl methyl sites for hydroxylation is 2. The van der Waals surface area contributed by atoms with Gasteiger partial charge < -0.3 is 10.4 Å². The monoisotopic (exact) mass is 525 g/mol. The van der Waals surface area contributed by atoms with Crippen molar-refractivity contribution in [3.8, 4) is 11.1 Å². The van der Waals surface area contributed by atoms with Gasteiger partial charge in [0.2, 0.25) is 0 Å². The van der Waals surface area contributed by atoms with Gasteiger partial charge in [-0.1, -0.05) is 50.2 Å². The van der Waals surface area contributed by atoms with Crippen molar-refractivity contribution in [2.75, 3.05) is 6.54 Å². The van der Waals surface area contributed by atoms with Gasteiger partial charge in [-0.25, -0.2) is 0 Å². The van der Waals surface area contributed by atoms with E-state index in [1.54, 1.807) is 12.1 Å². The van der Waals surface area contributed by atoms with E-state index < -0.39 is 17.7 Å². The number of carbonyl (C=O) groups excluding carboxylic acids is 1. The van der Waals surface area contributed by atoms with Crippen LogP contribution in [0.25, 0.3) is 11.1 Å². The molecule has 0 spiro atoms. The van der Waals surface area contributed by atoms with Gasteiger partial charge in [-0.3, -0.25) is 9.59 Å². The lowest BCUT2D eigenvalue weighted by atomic mass is 9.83. The van der Waals surface area contributed by atoms with Crippen LogP contribution in [0.3, 0.4) is 0 Å². The molecule has 0 aliphatic heterocycles. The average molecular weight is 526 g/mol. The maximum absolute atomic E-state index is 13.0. The fraction of sp³-hybridized carbons (Fsp3) is 0.355. The molecule has 0 aromatic heterocycles. The third-order valence-electron chi connectivity index (χ3n) is 6.60. The van der Waals surface area contributed by atoms with E-state index in [2.05, 4.69) is 31.3 Å². The largest absolute Gasteiger partial charge is 0.481 e. The van der Waals surface area contributed by atoms with E-state index in [-0.39, 0.29) is 24.8 Å². The molecule has 7 heteroatoms. The van der Waals surface area contributed by atoms with Gasteiger partial charge in [0.15, 0.2) is 0 Å². The number of amides is 1. The maximum atomic E-state index is 13.0. The molecule has 1 atom stereocenters. The Hall–Kier alpha value is -3.61. The number of benzene rings is 3. The van der Waals surface area contributed by atoms with E-state index in [1.165, 1.54) is 12.1 Å². The van der Waals surface area contributed by atoms with E-state index in [0.29, 0.717) is 11.5 Å². The molecule has 0 radical (unpaired) electrons. The Morgan fingerprint density at radius 3 is 2.00 bits per heavy atom. The second-order valence-corrected chi connectivity index (χ2v) is 10.2. The zero-order valence-corrected chi connectivity index (χ0v) is 22.2. The Kier molecular flexibility index (Phi) is 9.36. The van der Waals surface area contributed by atoms with Crippen molar-refractivity contribution >= 4 is 11.9 Å². The van der Waals surface area contributed by atoms with Crippen LogP contribution in [-0.4, -0.2) is 23.5 Å². The summed E-state index contributed by atoms with van der Waals surface area (Å²) in [4.78, 5) is 23.0. The van der Waals surface area contributed by atoms with Crippen molar-refractivity contribution < 1.29 is 27.9 Å². The van der Waals surface area contributed by atoms with Crippen LogP contribution in [0.2, 0.25) is 0 Å². The van der Waals surface area contributed by atoms with Gasteiger partial charge in [-0.15, -0.1) is 0 Å². The van der Waals surface area contributed by atoms with Crippen LogP contribution in [0.15, 0.2) is 60.7 Å². The van der Waals surface area contributed by atoms with Crippen molar-refractivity contribution in [3.05, 3.63) is 94.0 Å². The van der Waals surface area contributed by atoms with Gasteiger partial charge in [0.1, 0.15) is 0 Å². The first kappa shape index (κ1) is 29.0. The van der Waals surface area contributed by atoms with Crippen LogP contribution >= 0.6 is 0 Å². The summed E-state index contributed by atoms with van der Waals surface area (Å²) in [7, 11) is 0. The first-order valence-electron chi connectivity index (χ1n) is 12.7. The second-order valence-electron chi connectivity index (χ2n) is 10.2. The minimum Gasteiger partial charge on any atom is -0.481 e. The van der Waals surface area contributed by atoms with Gasteiger partial charge in [0.25, 0.3) is 5.91 Å². The molecule has 1 amide bonds. The van der Waals surface area contributed by atoms with Gasteiger partial charge in [0.05, 0.1) is 12.0 Å². The molecule has 2 N–H and O–H groups in total. The lowest BCUT2D eigenvalue weighted by molar-refractivity contribution is -0.138. The normalized spacial score (nSPS) is 12.4. The predicted molar refractivity (Wildman–Crippen MR) is 143 cm³/mol. The van der Waals surface area contributed by atoms with E-state index in [1.807, 2.05) is 26.0 Å². The minimum absolute atomic E-state index is 0.0765. The van der Waals surface area contributed by atoms with Crippen molar-refractivity contribution in [1.29, 1.82) is 0 Å². The molecule has 0 aliphatic rings. The number of hydrogen-bond acceptors (Lipinski definition) is 2. The van der Waals surface area contributed by atoms with Crippen molar-refractivity contribution in [1.82, 2.24) is 5.32 Å². The summed E-state index contributed by atoms with van der Waals surface area (Å²) in [5.74, 6) is -0.596. The lowest BCUT2D eigenvalue weighted by Crippen LogP contribution is -2.26. The molecule has 3 aromatic rings. The Balaban J connectivity index is 1.80. The molecular formula is C31H34F3NO3. The summed E-state index contributed by atoms with van der Waals surface area (Å²) >= 11 is 0. The summed E-state index contributed by atoms with van der Waals surface area (Å²) < 4.78 is 38.9. The van der Waals surface area contributed by atoms with Crippen LogP contribution in [0, 0.1) is 19.8 Å². The van der Waals surface area contributed by atoms with Crippen LogP contribution in [-0.2, 0) is 17.4 Å². The third-order valence-corrected chi connectivity index (χ3v) is 6.60. The van der Waals surface area contributed by atoms with E-state index >= 15 is 0 Å². The molecule has 0 saturated carbocycles. The number of halogens is 3. The smallest absolute Gasteiger partial charge is 0.416 e. The highest BCUT2D eigenvalue weighted by molar-refractivity contribution is 5.94. The number of nitrogens with one attached hydrogen (secondary N) is 1. The van der Waals surface area contributed by atoms with Crippen LogP contribution in [0.4, 0.5) is 13.2 Å². The molecule has 202 valence electrons.